The van der Waals surface area contributed by atoms with E-state index in [0.29, 0.717) is 18.5 Å². The molecular formula is C11H12ClFN2O. The van der Waals surface area contributed by atoms with Gasteiger partial charge in [0.15, 0.2) is 0 Å². The first-order valence-corrected chi connectivity index (χ1v) is 5.44. The van der Waals surface area contributed by atoms with Gasteiger partial charge in [-0.05, 0) is 37.5 Å². The molecule has 0 radical (unpaired) electrons. The van der Waals surface area contributed by atoms with Crippen LogP contribution in [0, 0.1) is 5.82 Å². The van der Waals surface area contributed by atoms with Gasteiger partial charge in [-0.25, -0.2) is 4.39 Å². The van der Waals surface area contributed by atoms with Gasteiger partial charge in [-0.1, -0.05) is 11.6 Å². The Morgan fingerprint density at radius 2 is 2.19 bits per heavy atom. The highest BCUT2D eigenvalue weighted by Gasteiger charge is 2.40. The van der Waals surface area contributed by atoms with E-state index in [1.807, 2.05) is 0 Å². The molecule has 5 heteroatoms. The summed E-state index contributed by atoms with van der Waals surface area (Å²) in [6.45, 7) is 0. The number of carbonyl (C=O) groups excluding carboxylic acids is 1. The lowest BCUT2D eigenvalue weighted by molar-refractivity contribution is -0.123. The first-order valence-electron chi connectivity index (χ1n) is 5.07. The lowest BCUT2D eigenvalue weighted by Crippen LogP contribution is -2.56. The minimum absolute atomic E-state index is 0.0316. The van der Waals surface area contributed by atoms with E-state index in [4.69, 9.17) is 17.3 Å². The number of benzene rings is 1. The first-order chi connectivity index (χ1) is 7.51. The Labute approximate surface area is 97.8 Å². The van der Waals surface area contributed by atoms with E-state index in [9.17, 15) is 9.18 Å². The zero-order chi connectivity index (χ0) is 11.8. The van der Waals surface area contributed by atoms with E-state index >= 15 is 0 Å². The number of carbonyl (C=O) groups is 1. The van der Waals surface area contributed by atoms with Crippen LogP contribution < -0.4 is 11.1 Å². The molecule has 2 rings (SSSR count). The highest BCUT2D eigenvalue weighted by atomic mass is 35.5. The summed E-state index contributed by atoms with van der Waals surface area (Å²) in [5.41, 5.74) is 5.43. The largest absolute Gasteiger partial charge is 0.324 e. The second-order valence-electron chi connectivity index (χ2n) is 4.09. The van der Waals surface area contributed by atoms with Crippen LogP contribution in [0.25, 0.3) is 0 Å². The van der Waals surface area contributed by atoms with Gasteiger partial charge >= 0.3 is 0 Å². The molecule has 3 nitrogen and oxygen atoms in total. The molecule has 0 bridgehead atoms. The maximum absolute atomic E-state index is 13.1. The Morgan fingerprint density at radius 3 is 2.69 bits per heavy atom. The van der Waals surface area contributed by atoms with Crippen molar-refractivity contribution in [2.45, 2.75) is 24.8 Å². The van der Waals surface area contributed by atoms with Crippen LogP contribution in [0.2, 0.25) is 5.02 Å². The number of nitrogens with one attached hydrogen (secondary N) is 1. The van der Waals surface area contributed by atoms with Gasteiger partial charge in [0, 0.05) is 5.69 Å². The molecule has 0 aromatic heterocycles. The normalized spacial score (nSPS) is 17.7. The molecule has 0 unspecified atom stereocenters. The molecule has 1 aliphatic rings. The van der Waals surface area contributed by atoms with Crippen LogP contribution in [0.5, 0.6) is 0 Å². The Balaban J connectivity index is 2.09. The van der Waals surface area contributed by atoms with Gasteiger partial charge in [0.1, 0.15) is 5.82 Å². The smallest absolute Gasteiger partial charge is 0.244 e. The van der Waals surface area contributed by atoms with Gasteiger partial charge in [-0.3, -0.25) is 4.79 Å². The number of nitrogens with two attached hydrogens (primary N) is 1. The van der Waals surface area contributed by atoms with Crippen LogP contribution in [0.3, 0.4) is 0 Å². The number of rotatable bonds is 2. The number of amides is 1. The Morgan fingerprint density at radius 1 is 1.50 bits per heavy atom. The molecule has 86 valence electrons. The maximum atomic E-state index is 13.1. The molecule has 1 aromatic carbocycles. The predicted molar refractivity (Wildman–Crippen MR) is 60.8 cm³/mol. The van der Waals surface area contributed by atoms with Crippen LogP contribution in [0.1, 0.15) is 19.3 Å². The molecule has 1 fully saturated rings. The SMILES string of the molecule is NC1(C(=O)Nc2ccc(Cl)c(F)c2)CCC1. The highest BCUT2D eigenvalue weighted by Crippen LogP contribution is 2.30. The molecule has 0 heterocycles. The molecule has 1 aromatic rings. The summed E-state index contributed by atoms with van der Waals surface area (Å²) in [5.74, 6) is -0.820. The number of hydrogen-bond acceptors (Lipinski definition) is 2. The summed E-state index contributed by atoms with van der Waals surface area (Å²) in [7, 11) is 0. The van der Waals surface area contributed by atoms with Crippen molar-refractivity contribution >= 4 is 23.2 Å². The lowest BCUT2D eigenvalue weighted by atomic mass is 9.77. The molecular weight excluding hydrogens is 231 g/mol. The van der Waals surface area contributed by atoms with E-state index in [1.165, 1.54) is 12.1 Å². The molecule has 0 spiro atoms. The van der Waals surface area contributed by atoms with Crippen LogP contribution >= 0.6 is 11.6 Å². The standard InChI is InChI=1S/C11H12ClFN2O/c12-8-3-2-7(6-9(8)13)15-10(16)11(14)4-1-5-11/h2-3,6H,1,4-5,14H2,(H,15,16). The number of anilines is 1. The summed E-state index contributed by atoms with van der Waals surface area (Å²) >= 11 is 5.53. The van der Waals surface area contributed by atoms with Crippen molar-refractivity contribution in [3.63, 3.8) is 0 Å². The summed E-state index contributed by atoms with van der Waals surface area (Å²) in [6, 6.07) is 4.13. The van der Waals surface area contributed by atoms with Crippen molar-refractivity contribution in [2.24, 2.45) is 5.73 Å². The minimum atomic E-state index is -0.782. The monoisotopic (exact) mass is 242 g/mol. The van der Waals surface area contributed by atoms with Crippen LogP contribution in [-0.4, -0.2) is 11.4 Å². The third-order valence-electron chi connectivity index (χ3n) is 2.88. The Kier molecular flexibility index (Phi) is 2.86. The predicted octanol–water partition coefficient (Wildman–Crippen LogP) is 2.30. The second kappa shape index (κ2) is 4.03. The van der Waals surface area contributed by atoms with Crippen molar-refractivity contribution in [1.82, 2.24) is 0 Å². The summed E-state index contributed by atoms with van der Waals surface area (Å²) in [5, 5.41) is 2.62. The number of halogens is 2. The van der Waals surface area contributed by atoms with E-state index in [1.54, 1.807) is 6.07 Å². The molecule has 16 heavy (non-hydrogen) atoms. The molecule has 0 aliphatic heterocycles. The van der Waals surface area contributed by atoms with Gasteiger partial charge in [0.05, 0.1) is 10.6 Å². The third kappa shape index (κ3) is 2.03. The van der Waals surface area contributed by atoms with Crippen molar-refractivity contribution in [1.29, 1.82) is 0 Å². The third-order valence-corrected chi connectivity index (χ3v) is 3.18. The fourth-order valence-corrected chi connectivity index (χ4v) is 1.73. The summed E-state index contributed by atoms with van der Waals surface area (Å²) in [6.07, 6.45) is 2.31. The Bertz CT molecular complexity index is 432. The fraction of sp³-hybridized carbons (Fsp3) is 0.364. The van der Waals surface area contributed by atoms with E-state index in [2.05, 4.69) is 5.32 Å². The minimum Gasteiger partial charge on any atom is -0.324 e. The van der Waals surface area contributed by atoms with Gasteiger partial charge in [0.25, 0.3) is 0 Å². The second-order valence-corrected chi connectivity index (χ2v) is 4.50. The van der Waals surface area contributed by atoms with Gasteiger partial charge < -0.3 is 11.1 Å². The zero-order valence-corrected chi connectivity index (χ0v) is 9.35. The summed E-state index contributed by atoms with van der Waals surface area (Å²) < 4.78 is 13.1. The Hall–Kier alpha value is -1.13. The van der Waals surface area contributed by atoms with Crippen LogP contribution in [0.15, 0.2) is 18.2 Å². The lowest BCUT2D eigenvalue weighted by Gasteiger charge is -2.36. The van der Waals surface area contributed by atoms with Crippen LogP contribution in [-0.2, 0) is 4.79 Å². The van der Waals surface area contributed by atoms with Crippen molar-refractivity contribution in [3.8, 4) is 0 Å². The fourth-order valence-electron chi connectivity index (χ4n) is 1.61. The maximum Gasteiger partial charge on any atom is 0.244 e. The van der Waals surface area contributed by atoms with E-state index in [-0.39, 0.29) is 10.9 Å². The topological polar surface area (TPSA) is 55.1 Å². The quantitative estimate of drug-likeness (QED) is 0.836. The van der Waals surface area contributed by atoms with Crippen molar-refractivity contribution < 1.29 is 9.18 Å². The molecule has 3 N–H and O–H groups in total. The average Bonchev–Trinajstić information content (AvgIpc) is 2.20. The van der Waals surface area contributed by atoms with E-state index in [0.717, 1.165) is 6.42 Å². The van der Waals surface area contributed by atoms with Gasteiger partial charge in [-0.15, -0.1) is 0 Å². The highest BCUT2D eigenvalue weighted by molar-refractivity contribution is 6.30. The van der Waals surface area contributed by atoms with Crippen molar-refractivity contribution in [2.75, 3.05) is 5.32 Å². The molecule has 1 saturated carbocycles. The summed E-state index contributed by atoms with van der Waals surface area (Å²) in [4.78, 5) is 11.7. The molecule has 0 atom stereocenters. The molecule has 1 aliphatic carbocycles. The van der Waals surface area contributed by atoms with Gasteiger partial charge in [0.2, 0.25) is 5.91 Å². The zero-order valence-electron chi connectivity index (χ0n) is 8.59. The molecule has 1 amide bonds. The number of hydrogen-bond donors (Lipinski definition) is 2. The van der Waals surface area contributed by atoms with Crippen molar-refractivity contribution in [3.05, 3.63) is 29.0 Å². The average molecular weight is 243 g/mol. The van der Waals surface area contributed by atoms with Crippen LogP contribution in [0.4, 0.5) is 10.1 Å². The van der Waals surface area contributed by atoms with E-state index < -0.39 is 11.4 Å². The molecule has 0 saturated heterocycles. The van der Waals surface area contributed by atoms with Gasteiger partial charge in [-0.2, -0.15) is 0 Å². The first kappa shape index (κ1) is 11.4.